The Morgan fingerprint density at radius 1 is 1.56 bits per heavy atom. The van der Waals surface area contributed by atoms with E-state index in [-0.39, 0.29) is 5.56 Å². The first kappa shape index (κ1) is 11.3. The van der Waals surface area contributed by atoms with Crippen molar-refractivity contribution < 1.29 is 14.8 Å². The Hall–Kier alpha value is -1.22. The van der Waals surface area contributed by atoms with E-state index < -0.39 is 23.0 Å². The summed E-state index contributed by atoms with van der Waals surface area (Å²) in [6.07, 6.45) is 0. The molecule has 2 rings (SSSR count). The number of nitro groups is 1. The number of anilines is 1. The molecule has 1 aliphatic rings. The number of carbonyl (C=O) groups is 1. The Morgan fingerprint density at radius 2 is 2.25 bits per heavy atom. The molecule has 84 valence electrons. The summed E-state index contributed by atoms with van der Waals surface area (Å²) in [7, 11) is 0. The van der Waals surface area contributed by atoms with E-state index in [2.05, 4.69) is 5.32 Å². The molecule has 0 saturated heterocycles. The number of aliphatic hydroxyl groups is 1. The lowest BCUT2D eigenvalue weighted by Gasteiger charge is -2.15. The Labute approximate surface area is 104 Å². The van der Waals surface area contributed by atoms with Gasteiger partial charge in [0.2, 0.25) is 12.1 Å². The standard InChI is InChI=1S/C9H7IN2O4/c10-6-3-1-2-5-7(6)11-8(13)9(5,14)4-12(15)16/h1-3,14H,4H2,(H,11,13)/t9-/m0/s1. The highest BCUT2D eigenvalue weighted by atomic mass is 127. The predicted molar refractivity (Wildman–Crippen MR) is 63.5 cm³/mol. The molecule has 0 saturated carbocycles. The maximum absolute atomic E-state index is 11.6. The van der Waals surface area contributed by atoms with Crippen LogP contribution >= 0.6 is 22.6 Å². The second-order valence-corrected chi connectivity index (χ2v) is 4.63. The number of nitrogens with one attached hydrogen (secondary N) is 1. The van der Waals surface area contributed by atoms with Crippen molar-refractivity contribution >= 4 is 34.2 Å². The third-order valence-electron chi connectivity index (χ3n) is 2.43. The van der Waals surface area contributed by atoms with E-state index in [0.717, 1.165) is 3.57 Å². The van der Waals surface area contributed by atoms with Crippen molar-refractivity contribution in [3.63, 3.8) is 0 Å². The molecule has 1 aromatic carbocycles. The molecular weight excluding hydrogens is 327 g/mol. The number of amides is 1. The average molecular weight is 334 g/mol. The topological polar surface area (TPSA) is 92.5 Å². The van der Waals surface area contributed by atoms with Crippen LogP contribution in [0, 0.1) is 13.7 Å². The quantitative estimate of drug-likeness (QED) is 0.473. The van der Waals surface area contributed by atoms with Gasteiger partial charge in [0, 0.05) is 14.1 Å². The highest BCUT2D eigenvalue weighted by Gasteiger charge is 2.50. The fraction of sp³-hybridized carbons (Fsp3) is 0.222. The SMILES string of the molecule is O=C1Nc2c(I)cccc2[C@@]1(O)C[N+](=O)[O-]. The molecule has 6 nitrogen and oxygen atoms in total. The molecule has 0 bridgehead atoms. The van der Waals surface area contributed by atoms with Crippen molar-refractivity contribution in [3.8, 4) is 0 Å². The molecule has 1 aromatic rings. The summed E-state index contributed by atoms with van der Waals surface area (Å²) < 4.78 is 0.739. The molecule has 2 N–H and O–H groups in total. The van der Waals surface area contributed by atoms with E-state index in [9.17, 15) is 20.0 Å². The van der Waals surface area contributed by atoms with Gasteiger partial charge in [-0.15, -0.1) is 0 Å². The zero-order valence-corrected chi connectivity index (χ0v) is 10.1. The summed E-state index contributed by atoms with van der Waals surface area (Å²) in [6.45, 7) is -0.827. The van der Waals surface area contributed by atoms with Crippen LogP contribution in [-0.2, 0) is 10.4 Å². The number of hydrogen-bond donors (Lipinski definition) is 2. The fourth-order valence-corrected chi connectivity index (χ4v) is 2.31. The van der Waals surface area contributed by atoms with Crippen LogP contribution in [0.5, 0.6) is 0 Å². The summed E-state index contributed by atoms with van der Waals surface area (Å²) in [5.74, 6) is -0.747. The molecule has 1 heterocycles. The second-order valence-electron chi connectivity index (χ2n) is 3.47. The van der Waals surface area contributed by atoms with Gasteiger partial charge in [-0.1, -0.05) is 12.1 Å². The van der Waals surface area contributed by atoms with Crippen LogP contribution in [-0.4, -0.2) is 22.5 Å². The van der Waals surface area contributed by atoms with E-state index in [4.69, 9.17) is 0 Å². The normalized spacial score (nSPS) is 22.8. The summed E-state index contributed by atoms with van der Waals surface area (Å²) in [5, 5.41) is 23.0. The molecule has 0 radical (unpaired) electrons. The minimum absolute atomic E-state index is 0.265. The van der Waals surface area contributed by atoms with Gasteiger partial charge in [-0.3, -0.25) is 14.9 Å². The van der Waals surface area contributed by atoms with Gasteiger partial charge in [-0.25, -0.2) is 0 Å². The number of carbonyl (C=O) groups excluding carboxylic acids is 1. The Kier molecular flexibility index (Phi) is 2.58. The summed E-state index contributed by atoms with van der Waals surface area (Å²) in [5.41, 5.74) is -1.33. The monoisotopic (exact) mass is 334 g/mol. The van der Waals surface area contributed by atoms with E-state index in [0.29, 0.717) is 5.69 Å². The van der Waals surface area contributed by atoms with Crippen LogP contribution in [0.2, 0.25) is 0 Å². The third kappa shape index (κ3) is 1.55. The maximum Gasteiger partial charge on any atom is 0.268 e. The molecule has 0 aliphatic carbocycles. The smallest absolute Gasteiger partial charge is 0.268 e. The zero-order chi connectivity index (χ0) is 11.9. The molecule has 0 aromatic heterocycles. The van der Waals surface area contributed by atoms with Crippen LogP contribution in [0.15, 0.2) is 18.2 Å². The maximum atomic E-state index is 11.6. The average Bonchev–Trinajstić information content (AvgIpc) is 2.41. The van der Waals surface area contributed by atoms with E-state index >= 15 is 0 Å². The van der Waals surface area contributed by atoms with Crippen molar-refractivity contribution in [2.45, 2.75) is 5.60 Å². The van der Waals surface area contributed by atoms with Crippen LogP contribution < -0.4 is 5.32 Å². The van der Waals surface area contributed by atoms with Gasteiger partial charge in [0.25, 0.3) is 5.91 Å². The molecule has 0 spiro atoms. The van der Waals surface area contributed by atoms with Crippen LogP contribution in [0.1, 0.15) is 5.56 Å². The lowest BCUT2D eigenvalue weighted by atomic mass is 9.96. The minimum Gasteiger partial charge on any atom is -0.370 e. The molecule has 7 heteroatoms. The first-order valence-corrected chi connectivity index (χ1v) is 5.47. The van der Waals surface area contributed by atoms with E-state index in [1.54, 1.807) is 12.1 Å². The lowest BCUT2D eigenvalue weighted by molar-refractivity contribution is -0.498. The van der Waals surface area contributed by atoms with Crippen LogP contribution in [0.3, 0.4) is 0 Å². The zero-order valence-electron chi connectivity index (χ0n) is 7.94. The Bertz CT molecular complexity index is 490. The number of halogens is 1. The molecule has 1 amide bonds. The van der Waals surface area contributed by atoms with Crippen molar-refractivity contribution in [2.75, 3.05) is 11.9 Å². The summed E-state index contributed by atoms with van der Waals surface area (Å²) >= 11 is 1.99. The van der Waals surface area contributed by atoms with Gasteiger partial charge in [-0.2, -0.15) is 0 Å². The molecule has 1 aliphatic heterocycles. The number of para-hydroxylation sites is 1. The largest absolute Gasteiger partial charge is 0.370 e. The number of benzene rings is 1. The first-order valence-electron chi connectivity index (χ1n) is 4.40. The minimum atomic E-state index is -2.06. The van der Waals surface area contributed by atoms with Crippen molar-refractivity contribution in [3.05, 3.63) is 37.4 Å². The third-order valence-corrected chi connectivity index (χ3v) is 3.33. The number of rotatable bonds is 2. The Balaban J connectivity index is 2.55. The van der Waals surface area contributed by atoms with E-state index in [1.807, 2.05) is 22.6 Å². The van der Waals surface area contributed by atoms with Gasteiger partial charge in [0.05, 0.1) is 5.69 Å². The lowest BCUT2D eigenvalue weighted by Crippen LogP contribution is -2.40. The highest BCUT2D eigenvalue weighted by molar-refractivity contribution is 14.1. The fourth-order valence-electron chi connectivity index (χ4n) is 1.68. The summed E-state index contributed by atoms with van der Waals surface area (Å²) in [6, 6.07) is 4.91. The van der Waals surface area contributed by atoms with Crippen molar-refractivity contribution in [1.82, 2.24) is 0 Å². The number of fused-ring (bicyclic) bond motifs is 1. The molecular formula is C9H7IN2O4. The van der Waals surface area contributed by atoms with Crippen LogP contribution in [0.25, 0.3) is 0 Å². The van der Waals surface area contributed by atoms with Crippen LogP contribution in [0.4, 0.5) is 5.69 Å². The molecule has 0 fully saturated rings. The molecule has 0 unspecified atom stereocenters. The number of nitrogens with zero attached hydrogens (tertiary/aromatic N) is 1. The van der Waals surface area contributed by atoms with Gasteiger partial charge in [0.15, 0.2) is 0 Å². The molecule has 16 heavy (non-hydrogen) atoms. The highest BCUT2D eigenvalue weighted by Crippen LogP contribution is 2.38. The van der Waals surface area contributed by atoms with Crippen molar-refractivity contribution in [1.29, 1.82) is 0 Å². The second kappa shape index (κ2) is 3.67. The Morgan fingerprint density at radius 3 is 2.88 bits per heavy atom. The van der Waals surface area contributed by atoms with Gasteiger partial charge >= 0.3 is 0 Å². The van der Waals surface area contributed by atoms with Gasteiger partial charge in [-0.05, 0) is 28.7 Å². The number of hydrogen-bond acceptors (Lipinski definition) is 4. The summed E-state index contributed by atoms with van der Waals surface area (Å²) in [4.78, 5) is 21.3. The van der Waals surface area contributed by atoms with Gasteiger partial charge < -0.3 is 10.4 Å². The van der Waals surface area contributed by atoms with E-state index in [1.165, 1.54) is 6.07 Å². The van der Waals surface area contributed by atoms with Gasteiger partial charge in [0.1, 0.15) is 0 Å². The van der Waals surface area contributed by atoms with Crippen molar-refractivity contribution in [2.24, 2.45) is 0 Å². The first-order chi connectivity index (χ1) is 7.45. The molecule has 1 atom stereocenters. The predicted octanol–water partition coefficient (Wildman–Crippen LogP) is 0.708.